The van der Waals surface area contributed by atoms with E-state index in [1.807, 2.05) is 42.5 Å². The number of anilines is 2. The lowest BCUT2D eigenvalue weighted by Gasteiger charge is -2.36. The second-order valence-corrected chi connectivity index (χ2v) is 9.17. The van der Waals surface area contributed by atoms with Crippen LogP contribution in [0.2, 0.25) is 0 Å². The van der Waals surface area contributed by atoms with Gasteiger partial charge in [0, 0.05) is 37.6 Å². The molecule has 0 aliphatic carbocycles. The molecule has 11 heteroatoms. The van der Waals surface area contributed by atoms with Gasteiger partial charge in [0.05, 0.1) is 18.1 Å². The molecule has 0 unspecified atom stereocenters. The molecule has 196 valence electrons. The van der Waals surface area contributed by atoms with Crippen molar-refractivity contribution in [2.45, 2.75) is 6.54 Å². The standard InChI is InChI=1S/C28H25N7O4/c36-26-23-10-11-25(33-14-12-32(13-15-33)21-4-2-1-3-5-21)31-27(23)35(17-24(26)39-28(37)38)22-8-6-20(7-9-22)16-34-19-29-18-30-34/h1-11,17-19H,12-16H2,(H,37,38). The first-order chi connectivity index (χ1) is 19.0. The maximum absolute atomic E-state index is 13.1. The first kappa shape index (κ1) is 24.2. The van der Waals surface area contributed by atoms with Crippen molar-refractivity contribution in [3.8, 4) is 11.4 Å². The molecule has 1 N–H and O–H groups in total. The molecule has 11 nitrogen and oxygen atoms in total. The van der Waals surface area contributed by atoms with Gasteiger partial charge in [0.1, 0.15) is 18.5 Å². The fraction of sp³-hybridized carbons (Fsp3) is 0.179. The van der Waals surface area contributed by atoms with E-state index in [0.717, 1.165) is 37.6 Å². The number of nitrogens with zero attached hydrogens (tertiary/aromatic N) is 7. The monoisotopic (exact) mass is 523 g/mol. The first-order valence-electron chi connectivity index (χ1n) is 12.5. The third-order valence-corrected chi connectivity index (χ3v) is 6.75. The zero-order chi connectivity index (χ0) is 26.8. The number of benzene rings is 2. The van der Waals surface area contributed by atoms with E-state index >= 15 is 0 Å². The Hall–Kier alpha value is -5.19. The highest BCUT2D eigenvalue weighted by atomic mass is 16.7. The Labute approximate surface area is 223 Å². The number of hydrogen-bond donors (Lipinski definition) is 1. The molecular formula is C28H25N7O4. The van der Waals surface area contributed by atoms with Crippen LogP contribution in [0.3, 0.4) is 0 Å². The van der Waals surface area contributed by atoms with Crippen molar-refractivity contribution in [3.63, 3.8) is 0 Å². The van der Waals surface area contributed by atoms with Crippen molar-refractivity contribution in [1.82, 2.24) is 24.3 Å². The van der Waals surface area contributed by atoms with Crippen LogP contribution in [0.4, 0.5) is 16.3 Å². The van der Waals surface area contributed by atoms with Crippen LogP contribution in [-0.4, -0.2) is 61.8 Å². The van der Waals surface area contributed by atoms with Crippen LogP contribution in [0.5, 0.6) is 5.75 Å². The van der Waals surface area contributed by atoms with Gasteiger partial charge in [-0.3, -0.25) is 9.36 Å². The minimum atomic E-state index is -1.55. The molecule has 0 bridgehead atoms. The SMILES string of the molecule is O=C(O)Oc1cn(-c2ccc(Cn3cncn3)cc2)c2nc(N3CCN(c4ccccc4)CC3)ccc2c1=O. The summed E-state index contributed by atoms with van der Waals surface area (Å²) in [6.07, 6.45) is 2.95. The summed E-state index contributed by atoms with van der Waals surface area (Å²) < 4.78 is 8.24. The molecule has 39 heavy (non-hydrogen) atoms. The van der Waals surface area contributed by atoms with Crippen LogP contribution >= 0.6 is 0 Å². The predicted octanol–water partition coefficient (Wildman–Crippen LogP) is 3.41. The minimum Gasteiger partial charge on any atom is -0.449 e. The van der Waals surface area contributed by atoms with Crippen LogP contribution in [0.1, 0.15) is 5.56 Å². The van der Waals surface area contributed by atoms with Gasteiger partial charge in [-0.25, -0.2) is 19.4 Å². The molecule has 0 spiro atoms. The maximum atomic E-state index is 13.1. The van der Waals surface area contributed by atoms with Crippen LogP contribution in [0, 0.1) is 0 Å². The molecule has 0 atom stereocenters. The molecular weight excluding hydrogens is 498 g/mol. The molecule has 1 fully saturated rings. The Morgan fingerprint density at radius 2 is 1.64 bits per heavy atom. The smallest absolute Gasteiger partial charge is 0.449 e. The molecule has 4 heterocycles. The van der Waals surface area contributed by atoms with Gasteiger partial charge >= 0.3 is 6.16 Å². The van der Waals surface area contributed by atoms with Crippen LogP contribution < -0.4 is 20.0 Å². The summed E-state index contributed by atoms with van der Waals surface area (Å²) in [5.74, 6) is 0.464. The summed E-state index contributed by atoms with van der Waals surface area (Å²) in [5, 5.41) is 13.6. The van der Waals surface area contributed by atoms with Crippen molar-refractivity contribution in [2.75, 3.05) is 36.0 Å². The molecule has 5 aromatic rings. The predicted molar refractivity (Wildman–Crippen MR) is 146 cm³/mol. The zero-order valence-electron chi connectivity index (χ0n) is 20.9. The highest BCUT2D eigenvalue weighted by molar-refractivity contribution is 5.81. The Morgan fingerprint density at radius 1 is 0.897 bits per heavy atom. The number of piperazine rings is 1. The Morgan fingerprint density at radius 3 is 2.33 bits per heavy atom. The molecule has 1 aliphatic rings. The zero-order valence-corrected chi connectivity index (χ0v) is 20.9. The summed E-state index contributed by atoms with van der Waals surface area (Å²) in [7, 11) is 0. The van der Waals surface area contributed by atoms with Gasteiger partial charge in [0.2, 0.25) is 5.43 Å². The average molecular weight is 524 g/mol. The number of aromatic nitrogens is 5. The fourth-order valence-corrected chi connectivity index (χ4v) is 4.80. The normalized spacial score (nSPS) is 13.5. The van der Waals surface area contributed by atoms with E-state index in [1.165, 1.54) is 18.2 Å². The molecule has 1 saturated heterocycles. The number of carboxylic acid groups (broad SMARTS) is 1. The number of rotatable bonds is 6. The Bertz CT molecular complexity index is 1660. The van der Waals surface area contributed by atoms with Crippen LogP contribution in [0.15, 0.2) is 90.4 Å². The molecule has 0 radical (unpaired) electrons. The summed E-state index contributed by atoms with van der Waals surface area (Å²) in [5.41, 5.74) is 2.79. The minimum absolute atomic E-state index is 0.270. The third kappa shape index (κ3) is 5.01. The molecule has 2 aromatic carbocycles. The van der Waals surface area contributed by atoms with Crippen molar-refractivity contribution in [1.29, 1.82) is 0 Å². The molecule has 3 aromatic heterocycles. The molecule has 0 saturated carbocycles. The van der Waals surface area contributed by atoms with E-state index in [2.05, 4.69) is 32.0 Å². The summed E-state index contributed by atoms with van der Waals surface area (Å²) in [6.45, 7) is 3.78. The summed E-state index contributed by atoms with van der Waals surface area (Å²) in [6, 6.07) is 21.4. The molecule has 0 amide bonds. The van der Waals surface area contributed by atoms with Gasteiger partial charge in [-0.2, -0.15) is 5.10 Å². The highest BCUT2D eigenvalue weighted by Gasteiger charge is 2.21. The van der Waals surface area contributed by atoms with Crippen LogP contribution in [-0.2, 0) is 6.54 Å². The second kappa shape index (κ2) is 10.3. The van der Waals surface area contributed by atoms with E-state index in [1.54, 1.807) is 27.7 Å². The summed E-state index contributed by atoms with van der Waals surface area (Å²) >= 11 is 0. The van der Waals surface area contributed by atoms with Gasteiger partial charge < -0.3 is 19.6 Å². The van der Waals surface area contributed by atoms with Gasteiger partial charge in [-0.1, -0.05) is 30.3 Å². The number of fused-ring (bicyclic) bond motifs is 1. The van der Waals surface area contributed by atoms with Crippen molar-refractivity contribution in [2.24, 2.45) is 0 Å². The topological polar surface area (TPSA) is 119 Å². The lowest BCUT2D eigenvalue weighted by atomic mass is 10.2. The second-order valence-electron chi connectivity index (χ2n) is 9.17. The van der Waals surface area contributed by atoms with Gasteiger partial charge in [0.25, 0.3) is 0 Å². The number of hydrogen-bond acceptors (Lipinski definition) is 8. The van der Waals surface area contributed by atoms with E-state index in [9.17, 15) is 14.7 Å². The van der Waals surface area contributed by atoms with E-state index < -0.39 is 11.6 Å². The van der Waals surface area contributed by atoms with Gasteiger partial charge in [-0.05, 0) is 42.0 Å². The molecule has 6 rings (SSSR count). The van der Waals surface area contributed by atoms with E-state index in [4.69, 9.17) is 9.72 Å². The first-order valence-corrected chi connectivity index (χ1v) is 12.5. The van der Waals surface area contributed by atoms with Crippen molar-refractivity contribution < 1.29 is 14.6 Å². The lowest BCUT2D eigenvalue weighted by molar-refractivity contribution is 0.144. The summed E-state index contributed by atoms with van der Waals surface area (Å²) in [4.78, 5) is 37.7. The van der Waals surface area contributed by atoms with Crippen molar-refractivity contribution in [3.05, 3.63) is 101 Å². The van der Waals surface area contributed by atoms with Gasteiger partial charge in [-0.15, -0.1) is 0 Å². The van der Waals surface area contributed by atoms with Crippen LogP contribution in [0.25, 0.3) is 16.7 Å². The number of pyridine rings is 2. The lowest BCUT2D eigenvalue weighted by Crippen LogP contribution is -2.46. The molecule has 1 aliphatic heterocycles. The highest BCUT2D eigenvalue weighted by Crippen LogP contribution is 2.24. The Balaban J connectivity index is 1.34. The van der Waals surface area contributed by atoms with E-state index in [-0.39, 0.29) is 11.1 Å². The number of para-hydroxylation sites is 1. The average Bonchev–Trinajstić information content (AvgIpc) is 3.48. The number of carbonyl (C=O) groups is 1. The van der Waals surface area contributed by atoms with Gasteiger partial charge in [0.15, 0.2) is 11.4 Å². The van der Waals surface area contributed by atoms with Crippen molar-refractivity contribution >= 4 is 28.7 Å². The quantitative estimate of drug-likeness (QED) is 0.334. The largest absolute Gasteiger partial charge is 0.511 e. The Kier molecular flexibility index (Phi) is 6.37. The number of ether oxygens (including phenoxy) is 1. The third-order valence-electron chi connectivity index (χ3n) is 6.75. The van der Waals surface area contributed by atoms with E-state index in [0.29, 0.717) is 17.9 Å². The maximum Gasteiger partial charge on any atom is 0.511 e. The fourth-order valence-electron chi connectivity index (χ4n) is 4.80.